The maximum atomic E-state index is 11.9. The molecule has 100 valence electrons. The quantitative estimate of drug-likeness (QED) is 0.500. The van der Waals surface area contributed by atoms with Gasteiger partial charge in [0.2, 0.25) is 0 Å². The molecule has 0 bridgehead atoms. The highest BCUT2D eigenvalue weighted by atomic mass is 16.5. The van der Waals surface area contributed by atoms with Crippen LogP contribution in [0.1, 0.15) is 40.0 Å². The number of carboxylic acids is 1. The zero-order valence-corrected chi connectivity index (χ0v) is 10.7. The first-order valence-corrected chi connectivity index (χ1v) is 5.84. The zero-order chi connectivity index (χ0) is 13.5. The van der Waals surface area contributed by atoms with Crippen molar-refractivity contribution in [2.75, 3.05) is 13.2 Å². The first-order valence-electron chi connectivity index (χ1n) is 5.84. The van der Waals surface area contributed by atoms with E-state index in [1.54, 1.807) is 20.8 Å². The fourth-order valence-corrected chi connectivity index (χ4v) is 1.37. The van der Waals surface area contributed by atoms with Gasteiger partial charge in [0.25, 0.3) is 0 Å². The summed E-state index contributed by atoms with van der Waals surface area (Å²) in [5.41, 5.74) is -0.995. The van der Waals surface area contributed by atoms with Crippen molar-refractivity contribution in [1.29, 1.82) is 0 Å². The molecule has 5 heteroatoms. The van der Waals surface area contributed by atoms with Gasteiger partial charge < -0.3 is 14.9 Å². The van der Waals surface area contributed by atoms with Gasteiger partial charge in [0.05, 0.1) is 18.4 Å². The number of rotatable bonds is 8. The Balaban J connectivity index is 4.39. The van der Waals surface area contributed by atoms with Gasteiger partial charge in [-0.1, -0.05) is 13.8 Å². The monoisotopic (exact) mass is 246 g/mol. The molecule has 0 heterocycles. The van der Waals surface area contributed by atoms with Crippen molar-refractivity contribution in [3.05, 3.63) is 0 Å². The van der Waals surface area contributed by atoms with Crippen molar-refractivity contribution in [2.45, 2.75) is 40.0 Å². The maximum Gasteiger partial charge on any atom is 0.312 e. The van der Waals surface area contributed by atoms with Crippen LogP contribution in [0.3, 0.4) is 0 Å². The Hall–Kier alpha value is -1.10. The van der Waals surface area contributed by atoms with E-state index in [0.717, 1.165) is 0 Å². The minimum absolute atomic E-state index is 0.0636. The third-order valence-corrected chi connectivity index (χ3v) is 3.04. The van der Waals surface area contributed by atoms with Gasteiger partial charge in [-0.3, -0.25) is 9.59 Å². The highest BCUT2D eigenvalue weighted by molar-refractivity contribution is 5.82. The van der Waals surface area contributed by atoms with E-state index in [9.17, 15) is 9.59 Å². The topological polar surface area (TPSA) is 83.8 Å². The predicted molar refractivity (Wildman–Crippen MR) is 62.5 cm³/mol. The number of aliphatic hydroxyl groups excluding tert-OH is 1. The largest absolute Gasteiger partial charge is 0.481 e. The molecular weight excluding hydrogens is 224 g/mol. The number of carboxylic acid groups (broad SMARTS) is 1. The molecule has 2 N–H and O–H groups in total. The van der Waals surface area contributed by atoms with Crippen LogP contribution < -0.4 is 0 Å². The van der Waals surface area contributed by atoms with E-state index < -0.39 is 17.4 Å². The number of unbranched alkanes of at least 4 members (excludes halogenated alkanes) is 1. The molecule has 0 aromatic rings. The van der Waals surface area contributed by atoms with Crippen LogP contribution in [0.4, 0.5) is 0 Å². The van der Waals surface area contributed by atoms with Crippen LogP contribution in [-0.2, 0) is 14.3 Å². The number of hydrogen-bond donors (Lipinski definition) is 2. The van der Waals surface area contributed by atoms with E-state index in [4.69, 9.17) is 14.9 Å². The SMILES string of the molecule is CC(C)C(C)(CC(=O)O)C(=O)OCCCCO. The predicted octanol–water partition coefficient (Wildman–Crippen LogP) is 1.44. The second-order valence-corrected chi connectivity index (χ2v) is 4.71. The Labute approximate surface area is 102 Å². The fourth-order valence-electron chi connectivity index (χ4n) is 1.37. The molecule has 0 spiro atoms. The van der Waals surface area contributed by atoms with Gasteiger partial charge in [-0.2, -0.15) is 0 Å². The number of carbonyl (C=O) groups excluding carboxylic acids is 1. The van der Waals surface area contributed by atoms with Crippen molar-refractivity contribution in [3.8, 4) is 0 Å². The molecular formula is C12H22O5. The number of carbonyl (C=O) groups is 2. The van der Waals surface area contributed by atoms with Crippen molar-refractivity contribution in [1.82, 2.24) is 0 Å². The highest BCUT2D eigenvalue weighted by Crippen LogP contribution is 2.32. The van der Waals surface area contributed by atoms with Crippen LogP contribution in [0.15, 0.2) is 0 Å². The van der Waals surface area contributed by atoms with Crippen molar-refractivity contribution in [3.63, 3.8) is 0 Å². The third-order valence-electron chi connectivity index (χ3n) is 3.04. The number of hydrogen-bond acceptors (Lipinski definition) is 4. The lowest BCUT2D eigenvalue weighted by atomic mass is 9.76. The number of aliphatic hydroxyl groups is 1. The molecule has 1 unspecified atom stereocenters. The minimum Gasteiger partial charge on any atom is -0.481 e. The van der Waals surface area contributed by atoms with Crippen molar-refractivity contribution in [2.24, 2.45) is 11.3 Å². The van der Waals surface area contributed by atoms with E-state index in [1.165, 1.54) is 0 Å². The van der Waals surface area contributed by atoms with Crippen LogP contribution in [0.5, 0.6) is 0 Å². The van der Waals surface area contributed by atoms with Gasteiger partial charge >= 0.3 is 11.9 Å². The molecule has 0 rings (SSSR count). The van der Waals surface area contributed by atoms with Gasteiger partial charge in [-0.15, -0.1) is 0 Å². The van der Waals surface area contributed by atoms with E-state index in [-0.39, 0.29) is 25.6 Å². The lowest BCUT2D eigenvalue weighted by Gasteiger charge is -2.29. The van der Waals surface area contributed by atoms with Crippen LogP contribution >= 0.6 is 0 Å². The van der Waals surface area contributed by atoms with E-state index in [2.05, 4.69) is 0 Å². The summed E-state index contributed by atoms with van der Waals surface area (Å²) in [6, 6.07) is 0. The smallest absolute Gasteiger partial charge is 0.312 e. The lowest BCUT2D eigenvalue weighted by Crippen LogP contribution is -2.37. The number of esters is 1. The zero-order valence-electron chi connectivity index (χ0n) is 10.7. The standard InChI is InChI=1S/C12H22O5/c1-9(2)12(3,8-10(14)15)11(16)17-7-5-4-6-13/h9,13H,4-8H2,1-3H3,(H,14,15). The van der Waals surface area contributed by atoms with Crippen LogP contribution in [-0.4, -0.2) is 35.4 Å². The number of aliphatic carboxylic acids is 1. The summed E-state index contributed by atoms with van der Waals surface area (Å²) < 4.78 is 5.06. The molecule has 17 heavy (non-hydrogen) atoms. The first kappa shape index (κ1) is 15.9. The Morgan fingerprint density at radius 1 is 1.29 bits per heavy atom. The molecule has 0 saturated heterocycles. The normalized spacial score (nSPS) is 14.4. The molecule has 5 nitrogen and oxygen atoms in total. The third kappa shape index (κ3) is 5.17. The van der Waals surface area contributed by atoms with E-state index >= 15 is 0 Å². The Bertz CT molecular complexity index is 262. The molecule has 0 aromatic heterocycles. The van der Waals surface area contributed by atoms with Gasteiger partial charge in [0.15, 0.2) is 0 Å². The molecule has 1 atom stereocenters. The average molecular weight is 246 g/mol. The van der Waals surface area contributed by atoms with E-state index in [0.29, 0.717) is 12.8 Å². The second-order valence-electron chi connectivity index (χ2n) is 4.71. The molecule has 0 aliphatic heterocycles. The van der Waals surface area contributed by atoms with Gasteiger partial charge in [-0.05, 0) is 25.7 Å². The summed E-state index contributed by atoms with van der Waals surface area (Å²) in [6.07, 6.45) is 0.928. The Morgan fingerprint density at radius 2 is 1.88 bits per heavy atom. The fraction of sp³-hybridized carbons (Fsp3) is 0.833. The molecule has 0 fully saturated rings. The van der Waals surface area contributed by atoms with Crippen molar-refractivity contribution >= 4 is 11.9 Å². The van der Waals surface area contributed by atoms with Crippen LogP contribution in [0.2, 0.25) is 0 Å². The Kier molecular flexibility index (Phi) is 6.80. The summed E-state index contributed by atoms with van der Waals surface area (Å²) in [4.78, 5) is 22.6. The molecule has 0 aliphatic carbocycles. The summed E-state index contributed by atoms with van der Waals surface area (Å²) in [5.74, 6) is -1.59. The van der Waals surface area contributed by atoms with Gasteiger partial charge in [0.1, 0.15) is 0 Å². The summed E-state index contributed by atoms with van der Waals surface area (Å²) >= 11 is 0. The molecule has 0 aliphatic rings. The average Bonchev–Trinajstić information content (AvgIpc) is 2.22. The summed E-state index contributed by atoms with van der Waals surface area (Å²) in [5, 5.41) is 17.4. The molecule has 0 amide bonds. The Morgan fingerprint density at radius 3 is 2.29 bits per heavy atom. The summed E-state index contributed by atoms with van der Waals surface area (Å²) in [7, 11) is 0. The first-order chi connectivity index (χ1) is 7.84. The van der Waals surface area contributed by atoms with Crippen LogP contribution in [0, 0.1) is 11.3 Å². The molecule has 0 saturated carbocycles. The van der Waals surface area contributed by atoms with Crippen LogP contribution in [0.25, 0.3) is 0 Å². The van der Waals surface area contributed by atoms with E-state index in [1.807, 2.05) is 0 Å². The minimum atomic E-state index is -1.01. The number of ether oxygens (including phenoxy) is 1. The maximum absolute atomic E-state index is 11.9. The van der Waals surface area contributed by atoms with Gasteiger partial charge in [-0.25, -0.2) is 0 Å². The van der Waals surface area contributed by atoms with Gasteiger partial charge in [0, 0.05) is 6.61 Å². The molecule has 0 radical (unpaired) electrons. The molecule has 0 aromatic carbocycles. The summed E-state index contributed by atoms with van der Waals surface area (Å²) in [6.45, 7) is 5.51. The van der Waals surface area contributed by atoms with Crippen molar-refractivity contribution < 1.29 is 24.5 Å². The highest BCUT2D eigenvalue weighted by Gasteiger charge is 2.40. The lowest BCUT2D eigenvalue weighted by molar-refractivity contribution is -0.163. The second kappa shape index (κ2) is 7.27.